The number of aldehydes is 1. The number of aliphatic hydroxyl groups is 2. The minimum absolute atomic E-state index is 0.0127. The van der Waals surface area contributed by atoms with Crippen molar-refractivity contribution < 1.29 is 46.3 Å². The zero-order chi connectivity index (χ0) is 41.7. The number of Topliss-reactive ketones (excluding diaryl/α,β-unsaturated/α-hetero) is 1. The predicted octanol–water partition coefficient (Wildman–Crippen LogP) is 11.0. The molecule has 6 heterocycles. The summed E-state index contributed by atoms with van der Waals surface area (Å²) < 4.78 is 30.5. The van der Waals surface area contributed by atoms with Gasteiger partial charge in [0.1, 0.15) is 69.8 Å². The average molecular weight is 763 g/mol. The molecule has 6 aromatic rings. The fourth-order valence-corrected chi connectivity index (χ4v) is 4.01. The Morgan fingerprint density at radius 2 is 0.982 bits per heavy atom. The van der Waals surface area contributed by atoms with Crippen molar-refractivity contribution in [3.8, 4) is 0 Å². The van der Waals surface area contributed by atoms with Crippen LogP contribution < -0.4 is 5.73 Å². The van der Waals surface area contributed by atoms with Crippen LogP contribution in [0.2, 0.25) is 0 Å². The van der Waals surface area contributed by atoms with Crippen LogP contribution in [0.1, 0.15) is 138 Å². The number of furan rings is 6. The summed E-state index contributed by atoms with van der Waals surface area (Å²) in [5, 5.41) is 21.4. The number of carbonyl (C=O) groups is 2. The van der Waals surface area contributed by atoms with Gasteiger partial charge in [0, 0.05) is 11.8 Å². The number of aliphatic hydroxyl groups excluding tert-OH is 2. The molecule has 14 nitrogen and oxygen atoms in total. The SMILES string of the molecule is CC(=O)c1ccc(C)o1.Cc1ccc(C(C)N=[N+]=[N-])o1.Cc1ccc(C(C)O)o1.Cc1ccc(C=O)o1.Cc1ccc([C@@H](C)N)o1.Cc1ccc([C@H](C)O)o1. The number of ketones is 1. The van der Waals surface area contributed by atoms with E-state index < -0.39 is 12.2 Å². The van der Waals surface area contributed by atoms with E-state index in [0.717, 1.165) is 40.3 Å². The lowest BCUT2D eigenvalue weighted by molar-refractivity contribution is 0.0985. The lowest BCUT2D eigenvalue weighted by atomic mass is 10.3. The third-order valence-electron chi connectivity index (χ3n) is 6.92. The minimum Gasteiger partial charge on any atom is -0.466 e. The van der Waals surface area contributed by atoms with Crippen molar-refractivity contribution >= 4 is 12.1 Å². The summed E-state index contributed by atoms with van der Waals surface area (Å²) in [4.78, 5) is 23.2. The summed E-state index contributed by atoms with van der Waals surface area (Å²) in [6.07, 6.45) is -0.287. The van der Waals surface area contributed by atoms with Gasteiger partial charge in [-0.15, -0.1) is 0 Å². The number of nitrogens with zero attached hydrogens (tertiary/aromatic N) is 3. The molecule has 0 saturated heterocycles. The molecule has 0 aromatic carbocycles. The second kappa shape index (κ2) is 24.5. The Balaban J connectivity index is 0.000000331. The quantitative estimate of drug-likeness (QED) is 0.0455. The average Bonchev–Trinajstić information content (AvgIpc) is 3.97. The zero-order valence-electron chi connectivity index (χ0n) is 33.4. The highest BCUT2D eigenvalue weighted by atomic mass is 16.4. The van der Waals surface area contributed by atoms with Crippen LogP contribution in [0.5, 0.6) is 0 Å². The van der Waals surface area contributed by atoms with Crippen LogP contribution in [0.3, 0.4) is 0 Å². The molecule has 0 saturated carbocycles. The Kier molecular flexibility index (Phi) is 21.0. The highest BCUT2D eigenvalue weighted by Gasteiger charge is 2.06. The first-order chi connectivity index (χ1) is 25.9. The standard InChI is InChI=1S/C7H9N3O.C7H11NO.2C7H10O2.C7H8O2.C6H6O2/c1-5-3-4-7(11-5)6(2)9-10-8;4*1-5-3-4-7(9-5)6(2)8;1-5-2-3-6(4-7)8-5/h3-4,6H,1-2H3;3-4,6H,8H2,1-2H3;2*3-4,6,8H,1-2H3;3-4H,1-2H3;2-4H,1H3/t;2*6-;;;/m.10.../s1. The smallest absolute Gasteiger partial charge is 0.194 e. The Hall–Kier alpha value is -5.79. The number of hydrogen-bond donors (Lipinski definition) is 3. The summed E-state index contributed by atoms with van der Waals surface area (Å²) in [6.45, 7) is 19.6. The second-order valence-electron chi connectivity index (χ2n) is 12.3. The van der Waals surface area contributed by atoms with E-state index in [4.69, 9.17) is 48.0 Å². The number of azide groups is 1. The van der Waals surface area contributed by atoms with Gasteiger partial charge in [0.25, 0.3) is 0 Å². The van der Waals surface area contributed by atoms with Gasteiger partial charge in [-0.1, -0.05) is 5.11 Å². The van der Waals surface area contributed by atoms with Crippen molar-refractivity contribution in [2.24, 2.45) is 10.8 Å². The minimum atomic E-state index is -0.487. The summed E-state index contributed by atoms with van der Waals surface area (Å²) in [6, 6.07) is 21.4. The molecular weight excluding hydrogens is 708 g/mol. The molecule has 0 spiro atoms. The normalized spacial score (nSPS) is 12.0. The van der Waals surface area contributed by atoms with E-state index >= 15 is 0 Å². The molecule has 0 fully saturated rings. The van der Waals surface area contributed by atoms with Gasteiger partial charge >= 0.3 is 0 Å². The first-order valence-corrected chi connectivity index (χ1v) is 17.4. The fourth-order valence-electron chi connectivity index (χ4n) is 4.01. The number of aryl methyl sites for hydroxylation is 6. The molecule has 0 bridgehead atoms. The zero-order valence-corrected chi connectivity index (χ0v) is 33.4. The van der Waals surface area contributed by atoms with E-state index in [0.29, 0.717) is 35.1 Å². The third kappa shape index (κ3) is 19.2. The van der Waals surface area contributed by atoms with Crippen LogP contribution in [0.4, 0.5) is 0 Å². The van der Waals surface area contributed by atoms with E-state index in [2.05, 4.69) is 10.0 Å². The van der Waals surface area contributed by atoms with E-state index in [-0.39, 0.29) is 17.9 Å². The lowest BCUT2D eigenvalue weighted by Gasteiger charge is -1.96. The maximum Gasteiger partial charge on any atom is 0.194 e. The van der Waals surface area contributed by atoms with E-state index in [1.165, 1.54) is 6.92 Å². The van der Waals surface area contributed by atoms with Crippen molar-refractivity contribution in [2.75, 3.05) is 0 Å². The molecule has 0 aliphatic heterocycles. The van der Waals surface area contributed by atoms with Crippen molar-refractivity contribution in [1.29, 1.82) is 0 Å². The Bertz CT molecular complexity index is 1910. The van der Waals surface area contributed by atoms with Crippen LogP contribution in [0.25, 0.3) is 10.4 Å². The van der Waals surface area contributed by atoms with Crippen LogP contribution in [0.15, 0.2) is 104 Å². The maximum atomic E-state index is 10.6. The Morgan fingerprint density at radius 3 is 1.18 bits per heavy atom. The van der Waals surface area contributed by atoms with Crippen molar-refractivity contribution in [2.45, 2.75) is 100 Å². The number of nitrogens with two attached hydrogens (primary N) is 1. The fraction of sp³-hybridized carbons (Fsp3) is 0.366. The summed E-state index contributed by atoms with van der Waals surface area (Å²) in [5.74, 6) is 8.61. The van der Waals surface area contributed by atoms with E-state index in [9.17, 15) is 9.59 Å². The van der Waals surface area contributed by atoms with Gasteiger partial charge in [0.15, 0.2) is 23.6 Å². The molecule has 4 atom stereocenters. The number of hydrogen-bond acceptors (Lipinski definition) is 12. The van der Waals surface area contributed by atoms with Gasteiger partial charge in [-0.2, -0.15) is 0 Å². The molecule has 0 amide bonds. The monoisotopic (exact) mass is 762 g/mol. The predicted molar refractivity (Wildman–Crippen MR) is 207 cm³/mol. The molecule has 298 valence electrons. The summed E-state index contributed by atoms with van der Waals surface area (Å²) in [7, 11) is 0. The number of carbonyl (C=O) groups excluding carboxylic acids is 2. The molecule has 6 aromatic heterocycles. The molecule has 55 heavy (non-hydrogen) atoms. The van der Waals surface area contributed by atoms with Gasteiger partial charge in [0.2, 0.25) is 0 Å². The molecule has 0 aliphatic carbocycles. The molecule has 0 aliphatic rings. The van der Waals surface area contributed by atoms with Crippen molar-refractivity contribution in [1.82, 2.24) is 0 Å². The van der Waals surface area contributed by atoms with Gasteiger partial charge in [0.05, 0.1) is 12.1 Å². The highest BCUT2D eigenvalue weighted by molar-refractivity contribution is 5.91. The van der Waals surface area contributed by atoms with Gasteiger partial charge in [-0.05, 0) is 148 Å². The molecule has 0 radical (unpaired) electrons. The van der Waals surface area contributed by atoms with Crippen LogP contribution in [0, 0.1) is 41.5 Å². The van der Waals surface area contributed by atoms with E-state index in [1.54, 1.807) is 64.1 Å². The molecule has 6 rings (SSSR count). The van der Waals surface area contributed by atoms with E-state index in [1.807, 2.05) is 77.9 Å². The summed E-state index contributed by atoms with van der Waals surface area (Å²) >= 11 is 0. The molecule has 2 unspecified atom stereocenters. The Morgan fingerprint density at radius 1 is 0.618 bits per heavy atom. The number of rotatable bonds is 7. The topological polar surface area (TPSA) is 228 Å². The van der Waals surface area contributed by atoms with Gasteiger partial charge in [-0.3, -0.25) is 9.59 Å². The molecule has 14 heteroatoms. The first kappa shape index (κ1) is 47.2. The third-order valence-corrected chi connectivity index (χ3v) is 6.92. The first-order valence-electron chi connectivity index (χ1n) is 17.4. The van der Waals surface area contributed by atoms with Gasteiger partial charge < -0.3 is 42.4 Å². The summed E-state index contributed by atoms with van der Waals surface area (Å²) in [5.41, 5.74) is 13.7. The van der Waals surface area contributed by atoms with Crippen LogP contribution in [-0.2, 0) is 0 Å². The van der Waals surface area contributed by atoms with Crippen molar-refractivity contribution in [3.05, 3.63) is 152 Å². The highest BCUT2D eigenvalue weighted by Crippen LogP contribution is 2.19. The van der Waals surface area contributed by atoms with Crippen LogP contribution in [-0.4, -0.2) is 22.3 Å². The maximum absolute atomic E-state index is 10.6. The van der Waals surface area contributed by atoms with Crippen molar-refractivity contribution in [3.63, 3.8) is 0 Å². The second-order valence-corrected chi connectivity index (χ2v) is 12.3. The van der Waals surface area contributed by atoms with Gasteiger partial charge in [-0.25, -0.2) is 0 Å². The molecular formula is C41H54N4O10. The lowest BCUT2D eigenvalue weighted by Crippen LogP contribution is -2.02. The molecule has 4 N–H and O–H groups in total. The van der Waals surface area contributed by atoms with Crippen LogP contribution >= 0.6 is 0 Å². The Labute approximate surface area is 321 Å². The largest absolute Gasteiger partial charge is 0.466 e.